The van der Waals surface area contributed by atoms with E-state index in [0.29, 0.717) is 11.5 Å². The van der Waals surface area contributed by atoms with Gasteiger partial charge in [-0.15, -0.1) is 0 Å². The van der Waals surface area contributed by atoms with Crippen LogP contribution in [0.3, 0.4) is 0 Å². The van der Waals surface area contributed by atoms with E-state index in [1.54, 1.807) is 12.1 Å². The highest BCUT2D eigenvalue weighted by molar-refractivity contribution is 5.96. The quantitative estimate of drug-likeness (QED) is 0.862. The molecule has 1 aliphatic rings. The summed E-state index contributed by atoms with van der Waals surface area (Å²) in [5.74, 6) is 0.504. The van der Waals surface area contributed by atoms with E-state index < -0.39 is 0 Å². The van der Waals surface area contributed by atoms with Gasteiger partial charge in [0.1, 0.15) is 5.75 Å². The zero-order valence-electron chi connectivity index (χ0n) is 10.9. The summed E-state index contributed by atoms with van der Waals surface area (Å²) in [6.45, 7) is 2.62. The number of rotatable bonds is 3. The van der Waals surface area contributed by atoms with Crippen molar-refractivity contribution < 1.29 is 9.90 Å². The third kappa shape index (κ3) is 3.25. The minimum Gasteiger partial charge on any atom is -0.507 e. The van der Waals surface area contributed by atoms with E-state index in [1.165, 1.54) is 32.1 Å². The number of aryl methyl sites for hydroxylation is 1. The molecule has 0 atom stereocenters. The third-order valence-corrected chi connectivity index (χ3v) is 3.67. The van der Waals surface area contributed by atoms with Gasteiger partial charge in [0, 0.05) is 6.54 Å². The van der Waals surface area contributed by atoms with Crippen LogP contribution in [0.25, 0.3) is 0 Å². The van der Waals surface area contributed by atoms with Crippen LogP contribution in [0, 0.1) is 12.8 Å². The Kier molecular flexibility index (Phi) is 4.24. The Hall–Kier alpha value is -1.51. The van der Waals surface area contributed by atoms with Gasteiger partial charge in [0.05, 0.1) is 5.56 Å². The van der Waals surface area contributed by atoms with Gasteiger partial charge in [-0.3, -0.25) is 4.79 Å². The molecule has 18 heavy (non-hydrogen) atoms. The first-order valence-electron chi connectivity index (χ1n) is 6.74. The summed E-state index contributed by atoms with van der Waals surface area (Å²) in [5.41, 5.74) is 1.33. The Morgan fingerprint density at radius 2 is 2.06 bits per heavy atom. The zero-order chi connectivity index (χ0) is 13.0. The summed E-state index contributed by atoms with van der Waals surface area (Å²) in [6, 6.07) is 5.14. The number of hydrogen-bond acceptors (Lipinski definition) is 2. The van der Waals surface area contributed by atoms with Gasteiger partial charge in [-0.25, -0.2) is 0 Å². The maximum absolute atomic E-state index is 11.9. The molecule has 1 aromatic carbocycles. The van der Waals surface area contributed by atoms with Gasteiger partial charge < -0.3 is 10.4 Å². The fourth-order valence-electron chi connectivity index (χ4n) is 2.56. The van der Waals surface area contributed by atoms with Gasteiger partial charge >= 0.3 is 0 Å². The molecule has 0 radical (unpaired) electrons. The number of nitrogens with one attached hydrogen (secondary N) is 1. The van der Waals surface area contributed by atoms with Gasteiger partial charge in [0.2, 0.25) is 0 Å². The van der Waals surface area contributed by atoms with Crippen LogP contribution in [0.1, 0.15) is 48.0 Å². The molecular weight excluding hydrogens is 226 g/mol. The summed E-state index contributed by atoms with van der Waals surface area (Å²) in [6.07, 6.45) is 6.29. The zero-order valence-corrected chi connectivity index (χ0v) is 10.9. The molecule has 0 heterocycles. The molecule has 2 N–H and O–H groups in total. The number of benzene rings is 1. The summed E-state index contributed by atoms with van der Waals surface area (Å²) >= 11 is 0. The first-order chi connectivity index (χ1) is 8.66. The highest BCUT2D eigenvalue weighted by Gasteiger charge is 2.16. The minimum atomic E-state index is -0.168. The molecule has 1 aromatic rings. The smallest absolute Gasteiger partial charge is 0.255 e. The van der Waals surface area contributed by atoms with Gasteiger partial charge in [-0.2, -0.15) is 0 Å². The predicted molar refractivity (Wildman–Crippen MR) is 71.8 cm³/mol. The van der Waals surface area contributed by atoms with E-state index in [0.717, 1.165) is 12.1 Å². The van der Waals surface area contributed by atoms with Crippen molar-refractivity contribution in [3.8, 4) is 5.75 Å². The molecule has 98 valence electrons. The lowest BCUT2D eigenvalue weighted by atomic mass is 9.89. The van der Waals surface area contributed by atoms with Crippen molar-refractivity contribution in [1.82, 2.24) is 5.32 Å². The van der Waals surface area contributed by atoms with Crippen LogP contribution in [0.5, 0.6) is 5.75 Å². The van der Waals surface area contributed by atoms with Gasteiger partial charge in [0.15, 0.2) is 0 Å². The van der Waals surface area contributed by atoms with Crippen molar-refractivity contribution >= 4 is 5.91 Å². The van der Waals surface area contributed by atoms with Crippen LogP contribution < -0.4 is 5.32 Å². The molecule has 0 bridgehead atoms. The van der Waals surface area contributed by atoms with Crippen molar-refractivity contribution in [3.05, 3.63) is 29.3 Å². The fraction of sp³-hybridized carbons (Fsp3) is 0.533. The summed E-state index contributed by atoms with van der Waals surface area (Å²) in [7, 11) is 0. The number of carbonyl (C=O) groups excluding carboxylic acids is 1. The Morgan fingerprint density at radius 1 is 1.33 bits per heavy atom. The number of hydrogen-bond donors (Lipinski definition) is 2. The Labute approximate surface area is 108 Å². The maximum Gasteiger partial charge on any atom is 0.255 e. The fourth-order valence-corrected chi connectivity index (χ4v) is 2.56. The number of phenolic OH excluding ortho intramolecular Hbond substituents is 1. The topological polar surface area (TPSA) is 49.3 Å². The van der Waals surface area contributed by atoms with E-state index in [1.807, 2.05) is 13.0 Å². The standard InChI is InChI=1S/C15H21NO2/c1-11-7-8-13(14(17)9-11)15(18)16-10-12-5-3-2-4-6-12/h7-9,12,17H,2-6,10H2,1H3,(H,16,18). The van der Waals surface area contributed by atoms with E-state index in [4.69, 9.17) is 0 Å². The molecule has 1 amide bonds. The molecule has 0 aliphatic heterocycles. The molecule has 3 nitrogen and oxygen atoms in total. The summed E-state index contributed by atoms with van der Waals surface area (Å²) in [4.78, 5) is 11.9. The second-order valence-electron chi connectivity index (χ2n) is 5.23. The van der Waals surface area contributed by atoms with Crippen LogP contribution >= 0.6 is 0 Å². The molecule has 0 unspecified atom stereocenters. The van der Waals surface area contributed by atoms with Crippen molar-refractivity contribution in [2.45, 2.75) is 39.0 Å². The lowest BCUT2D eigenvalue weighted by Crippen LogP contribution is -2.30. The van der Waals surface area contributed by atoms with Crippen molar-refractivity contribution in [3.63, 3.8) is 0 Å². The molecular formula is C15H21NO2. The Morgan fingerprint density at radius 3 is 2.72 bits per heavy atom. The Bertz CT molecular complexity index is 423. The monoisotopic (exact) mass is 247 g/mol. The van der Waals surface area contributed by atoms with Crippen LogP contribution in [0.15, 0.2) is 18.2 Å². The van der Waals surface area contributed by atoms with Gasteiger partial charge in [-0.05, 0) is 43.4 Å². The molecule has 1 saturated carbocycles. The van der Waals surface area contributed by atoms with Gasteiger partial charge in [-0.1, -0.05) is 25.3 Å². The van der Waals surface area contributed by atoms with Gasteiger partial charge in [0.25, 0.3) is 5.91 Å². The molecule has 0 spiro atoms. The van der Waals surface area contributed by atoms with E-state index in [-0.39, 0.29) is 11.7 Å². The lowest BCUT2D eigenvalue weighted by Gasteiger charge is -2.21. The van der Waals surface area contributed by atoms with Crippen LogP contribution in [0.2, 0.25) is 0 Å². The average Bonchev–Trinajstić information content (AvgIpc) is 2.37. The Balaban J connectivity index is 1.90. The van der Waals surface area contributed by atoms with E-state index >= 15 is 0 Å². The second-order valence-corrected chi connectivity index (χ2v) is 5.23. The maximum atomic E-state index is 11.9. The SMILES string of the molecule is Cc1ccc(C(=O)NCC2CCCCC2)c(O)c1. The first-order valence-corrected chi connectivity index (χ1v) is 6.74. The first kappa shape index (κ1) is 12.9. The van der Waals surface area contributed by atoms with Crippen molar-refractivity contribution in [2.75, 3.05) is 6.54 Å². The molecule has 0 saturated heterocycles. The lowest BCUT2D eigenvalue weighted by molar-refractivity contribution is 0.0941. The minimum absolute atomic E-state index is 0.0659. The number of aromatic hydroxyl groups is 1. The van der Waals surface area contributed by atoms with Crippen molar-refractivity contribution in [1.29, 1.82) is 0 Å². The molecule has 2 rings (SSSR count). The van der Waals surface area contributed by atoms with Crippen LogP contribution in [-0.2, 0) is 0 Å². The van der Waals surface area contributed by atoms with Crippen LogP contribution in [0.4, 0.5) is 0 Å². The normalized spacial score (nSPS) is 16.5. The van der Waals surface area contributed by atoms with Crippen LogP contribution in [-0.4, -0.2) is 17.6 Å². The average molecular weight is 247 g/mol. The summed E-state index contributed by atoms with van der Waals surface area (Å²) < 4.78 is 0. The van der Waals surface area contributed by atoms with E-state index in [9.17, 15) is 9.90 Å². The molecule has 3 heteroatoms. The number of amides is 1. The molecule has 1 fully saturated rings. The third-order valence-electron chi connectivity index (χ3n) is 3.67. The number of carbonyl (C=O) groups is 1. The van der Waals surface area contributed by atoms with E-state index in [2.05, 4.69) is 5.32 Å². The molecule has 0 aromatic heterocycles. The predicted octanol–water partition coefficient (Wildman–Crippen LogP) is 3.01. The summed E-state index contributed by atoms with van der Waals surface area (Å²) in [5, 5.41) is 12.7. The largest absolute Gasteiger partial charge is 0.507 e. The highest BCUT2D eigenvalue weighted by Crippen LogP contribution is 2.23. The molecule has 1 aliphatic carbocycles. The number of phenols is 1. The van der Waals surface area contributed by atoms with Crippen molar-refractivity contribution in [2.24, 2.45) is 5.92 Å². The highest BCUT2D eigenvalue weighted by atomic mass is 16.3. The second kappa shape index (κ2) is 5.89.